The van der Waals surface area contributed by atoms with Gasteiger partial charge in [-0.05, 0) is 26.2 Å². The maximum atomic E-state index is 12.1. The summed E-state index contributed by atoms with van der Waals surface area (Å²) in [6.07, 6.45) is 2.48. The maximum Gasteiger partial charge on any atom is 0.323 e. The first-order valence-corrected chi connectivity index (χ1v) is 7.80. The molecule has 0 spiro atoms. The Morgan fingerprint density at radius 2 is 2.00 bits per heavy atom. The van der Waals surface area contributed by atoms with Crippen molar-refractivity contribution < 1.29 is 24.2 Å². The molecule has 0 bridgehead atoms. The highest BCUT2D eigenvalue weighted by Crippen LogP contribution is 2.18. The van der Waals surface area contributed by atoms with Gasteiger partial charge in [0.1, 0.15) is 6.54 Å². The number of carboxylic acid groups (broad SMARTS) is 1. The highest BCUT2D eigenvalue weighted by molar-refractivity contribution is 5.80. The summed E-state index contributed by atoms with van der Waals surface area (Å²) in [5, 5.41) is 8.92. The van der Waals surface area contributed by atoms with Crippen LogP contribution < -0.4 is 0 Å². The fourth-order valence-electron chi connectivity index (χ4n) is 2.75. The van der Waals surface area contributed by atoms with E-state index >= 15 is 0 Å². The minimum Gasteiger partial charge on any atom is -0.480 e. The predicted octanol–water partition coefficient (Wildman–Crippen LogP) is 0.727. The zero-order valence-corrected chi connectivity index (χ0v) is 13.4. The van der Waals surface area contributed by atoms with E-state index in [1.807, 2.05) is 6.92 Å². The molecule has 0 aromatic heterocycles. The SMILES string of the molecule is CCOCCC(=O)N1CCCC(N(CC(=O)O)C(C)=O)CC1. The lowest BCUT2D eigenvalue weighted by atomic mass is 10.1. The van der Waals surface area contributed by atoms with Gasteiger partial charge in [0.05, 0.1) is 13.0 Å². The number of ether oxygens (including phenoxy) is 1. The molecule has 0 radical (unpaired) electrons. The number of nitrogens with zero attached hydrogens (tertiary/aromatic N) is 2. The van der Waals surface area contributed by atoms with Crippen molar-refractivity contribution in [2.24, 2.45) is 0 Å². The van der Waals surface area contributed by atoms with Gasteiger partial charge in [-0.15, -0.1) is 0 Å². The number of hydrogen-bond donors (Lipinski definition) is 1. The van der Waals surface area contributed by atoms with Crippen LogP contribution in [0.1, 0.15) is 39.5 Å². The van der Waals surface area contributed by atoms with Gasteiger partial charge in [-0.3, -0.25) is 14.4 Å². The molecule has 1 N–H and O–H groups in total. The van der Waals surface area contributed by atoms with Crippen LogP contribution in [0.2, 0.25) is 0 Å². The second kappa shape index (κ2) is 9.40. The van der Waals surface area contributed by atoms with Gasteiger partial charge in [-0.1, -0.05) is 0 Å². The van der Waals surface area contributed by atoms with Gasteiger partial charge in [0, 0.05) is 32.7 Å². The van der Waals surface area contributed by atoms with Crippen LogP contribution in [0.25, 0.3) is 0 Å². The van der Waals surface area contributed by atoms with E-state index in [1.54, 1.807) is 4.90 Å². The number of likely N-dealkylation sites (tertiary alicyclic amines) is 1. The van der Waals surface area contributed by atoms with Gasteiger partial charge in [0.25, 0.3) is 0 Å². The Hall–Kier alpha value is -1.63. The third-order valence-corrected chi connectivity index (χ3v) is 3.87. The molecule has 1 rings (SSSR count). The average molecular weight is 314 g/mol. The summed E-state index contributed by atoms with van der Waals surface area (Å²) in [4.78, 5) is 37.8. The van der Waals surface area contributed by atoms with Crippen molar-refractivity contribution in [3.63, 3.8) is 0 Å². The van der Waals surface area contributed by atoms with E-state index < -0.39 is 5.97 Å². The lowest BCUT2D eigenvalue weighted by Gasteiger charge is -2.28. The molecule has 1 heterocycles. The number of carbonyl (C=O) groups excluding carboxylic acids is 2. The third-order valence-electron chi connectivity index (χ3n) is 3.87. The number of carboxylic acids is 1. The molecule has 7 heteroatoms. The number of aliphatic carboxylic acids is 1. The molecule has 1 fully saturated rings. The standard InChI is InChI=1S/C15H26N2O5/c1-3-22-10-7-14(19)16-8-4-5-13(6-9-16)17(12(2)18)11-15(20)21/h13H,3-11H2,1-2H3,(H,20,21). The van der Waals surface area contributed by atoms with E-state index in [-0.39, 0.29) is 24.4 Å². The highest BCUT2D eigenvalue weighted by Gasteiger charge is 2.27. The molecule has 2 amide bonds. The summed E-state index contributed by atoms with van der Waals surface area (Å²) < 4.78 is 5.20. The average Bonchev–Trinajstić information content (AvgIpc) is 2.70. The highest BCUT2D eigenvalue weighted by atomic mass is 16.5. The molecular formula is C15H26N2O5. The zero-order valence-electron chi connectivity index (χ0n) is 13.4. The minimum atomic E-state index is -1.01. The molecule has 1 atom stereocenters. The topological polar surface area (TPSA) is 87.2 Å². The Morgan fingerprint density at radius 3 is 2.59 bits per heavy atom. The van der Waals surface area contributed by atoms with Crippen molar-refractivity contribution >= 4 is 17.8 Å². The van der Waals surface area contributed by atoms with E-state index in [0.29, 0.717) is 39.1 Å². The van der Waals surface area contributed by atoms with Crippen LogP contribution in [0.3, 0.4) is 0 Å². The van der Waals surface area contributed by atoms with Gasteiger partial charge in [-0.2, -0.15) is 0 Å². The molecule has 1 aliphatic rings. The van der Waals surface area contributed by atoms with Crippen LogP contribution in [0.4, 0.5) is 0 Å². The van der Waals surface area contributed by atoms with Crippen molar-refractivity contribution in [2.75, 3.05) is 32.8 Å². The summed E-state index contributed by atoms with van der Waals surface area (Å²) in [7, 11) is 0. The number of amides is 2. The lowest BCUT2D eigenvalue weighted by Crippen LogP contribution is -2.43. The molecule has 1 unspecified atom stereocenters. The number of carbonyl (C=O) groups is 3. The van der Waals surface area contributed by atoms with Gasteiger partial charge >= 0.3 is 5.97 Å². The Labute approximate surface area is 131 Å². The molecule has 0 aromatic carbocycles. The molecule has 0 aliphatic carbocycles. The summed E-state index contributed by atoms with van der Waals surface area (Å²) in [5.41, 5.74) is 0. The van der Waals surface area contributed by atoms with E-state index in [2.05, 4.69) is 0 Å². The second-order valence-corrected chi connectivity index (χ2v) is 5.45. The van der Waals surface area contributed by atoms with Crippen LogP contribution in [-0.4, -0.2) is 71.6 Å². The fraction of sp³-hybridized carbons (Fsp3) is 0.800. The van der Waals surface area contributed by atoms with Crippen LogP contribution in [-0.2, 0) is 19.1 Å². The fourth-order valence-corrected chi connectivity index (χ4v) is 2.75. The van der Waals surface area contributed by atoms with Gasteiger partial charge in [0.15, 0.2) is 0 Å². The third kappa shape index (κ3) is 6.01. The molecule has 7 nitrogen and oxygen atoms in total. The Bertz CT molecular complexity index is 399. The molecule has 0 aromatic rings. The molecule has 0 saturated carbocycles. The minimum absolute atomic E-state index is 0.0571. The first-order valence-electron chi connectivity index (χ1n) is 7.80. The zero-order chi connectivity index (χ0) is 16.5. The quantitative estimate of drug-likeness (QED) is 0.700. The smallest absolute Gasteiger partial charge is 0.323 e. The Balaban J connectivity index is 2.54. The van der Waals surface area contributed by atoms with Gasteiger partial charge in [0.2, 0.25) is 11.8 Å². The Kier molecular flexibility index (Phi) is 7.87. The van der Waals surface area contributed by atoms with Crippen LogP contribution in [0, 0.1) is 0 Å². The summed E-state index contributed by atoms with van der Waals surface area (Å²) in [5.74, 6) is -1.19. The Morgan fingerprint density at radius 1 is 1.27 bits per heavy atom. The van der Waals surface area contributed by atoms with Gasteiger partial charge < -0.3 is 19.6 Å². The largest absolute Gasteiger partial charge is 0.480 e. The van der Waals surface area contributed by atoms with Crippen LogP contribution >= 0.6 is 0 Å². The first-order chi connectivity index (χ1) is 10.5. The summed E-state index contributed by atoms with van der Waals surface area (Å²) >= 11 is 0. The monoisotopic (exact) mass is 314 g/mol. The molecule has 22 heavy (non-hydrogen) atoms. The molecule has 126 valence electrons. The molecular weight excluding hydrogens is 288 g/mol. The van der Waals surface area contributed by atoms with Crippen molar-refractivity contribution in [1.82, 2.24) is 9.80 Å². The summed E-state index contributed by atoms with van der Waals surface area (Å²) in [6, 6.07) is -0.113. The molecule has 1 saturated heterocycles. The number of rotatable bonds is 7. The first kappa shape index (κ1) is 18.4. The van der Waals surface area contributed by atoms with Crippen molar-refractivity contribution in [1.29, 1.82) is 0 Å². The van der Waals surface area contributed by atoms with E-state index in [9.17, 15) is 14.4 Å². The predicted molar refractivity (Wildman–Crippen MR) is 80.4 cm³/mol. The van der Waals surface area contributed by atoms with E-state index in [0.717, 1.165) is 12.8 Å². The van der Waals surface area contributed by atoms with Crippen LogP contribution in [0.15, 0.2) is 0 Å². The van der Waals surface area contributed by atoms with Crippen LogP contribution in [0.5, 0.6) is 0 Å². The molecule has 1 aliphatic heterocycles. The number of hydrogen-bond acceptors (Lipinski definition) is 4. The van der Waals surface area contributed by atoms with Crippen molar-refractivity contribution in [2.45, 2.75) is 45.6 Å². The van der Waals surface area contributed by atoms with Gasteiger partial charge in [-0.25, -0.2) is 0 Å². The van der Waals surface area contributed by atoms with Crippen molar-refractivity contribution in [3.05, 3.63) is 0 Å². The second-order valence-electron chi connectivity index (χ2n) is 5.45. The summed E-state index contributed by atoms with van der Waals surface area (Å²) in [6.45, 7) is 5.22. The van der Waals surface area contributed by atoms with E-state index in [4.69, 9.17) is 9.84 Å². The normalized spacial score (nSPS) is 18.6. The maximum absolute atomic E-state index is 12.1. The lowest BCUT2D eigenvalue weighted by molar-refractivity contribution is -0.145. The van der Waals surface area contributed by atoms with E-state index in [1.165, 1.54) is 11.8 Å². The van der Waals surface area contributed by atoms with Crippen molar-refractivity contribution in [3.8, 4) is 0 Å².